The lowest BCUT2D eigenvalue weighted by Crippen LogP contribution is -2.18. The van der Waals surface area contributed by atoms with Gasteiger partial charge in [0, 0.05) is 18.4 Å². The molecular weight excluding hydrogens is 224 g/mol. The second kappa shape index (κ2) is 4.94. The average molecular weight is 242 g/mol. The molecule has 1 saturated heterocycles. The molecule has 0 aliphatic carbocycles. The Labute approximate surface area is 107 Å². The van der Waals surface area contributed by atoms with Gasteiger partial charge in [0.25, 0.3) is 0 Å². The molecule has 0 amide bonds. The molecule has 0 radical (unpaired) electrons. The minimum absolute atomic E-state index is 0.123. The molecule has 0 unspecified atom stereocenters. The van der Waals surface area contributed by atoms with Gasteiger partial charge < -0.3 is 4.74 Å². The van der Waals surface area contributed by atoms with Gasteiger partial charge in [-0.3, -0.25) is 0 Å². The van der Waals surface area contributed by atoms with Crippen LogP contribution in [0.5, 0.6) is 0 Å². The molecule has 94 valence electrons. The summed E-state index contributed by atoms with van der Waals surface area (Å²) in [6.07, 6.45) is 7.59. The Morgan fingerprint density at radius 2 is 2.00 bits per heavy atom. The maximum atomic E-state index is 5.73. The van der Waals surface area contributed by atoms with Crippen LogP contribution < -0.4 is 0 Å². The van der Waals surface area contributed by atoms with Crippen molar-refractivity contribution in [2.24, 2.45) is 0 Å². The summed E-state index contributed by atoms with van der Waals surface area (Å²) in [5, 5.41) is 4.43. The van der Waals surface area contributed by atoms with E-state index < -0.39 is 0 Å². The number of aromatic nitrogens is 2. The fourth-order valence-electron chi connectivity index (χ4n) is 2.32. The van der Waals surface area contributed by atoms with Gasteiger partial charge in [0.05, 0.1) is 6.20 Å². The Kier molecular flexibility index (Phi) is 3.15. The third kappa shape index (κ3) is 2.31. The number of hydrogen-bond donors (Lipinski definition) is 0. The maximum absolute atomic E-state index is 5.73. The van der Waals surface area contributed by atoms with Crippen LogP contribution in [0, 0.1) is 6.92 Å². The summed E-state index contributed by atoms with van der Waals surface area (Å²) < 4.78 is 7.69. The van der Waals surface area contributed by atoms with E-state index in [2.05, 4.69) is 42.5 Å². The molecule has 1 aliphatic heterocycles. The molecule has 1 atom stereocenters. The van der Waals surface area contributed by atoms with Gasteiger partial charge in [-0.05, 0) is 31.7 Å². The largest absolute Gasteiger partial charge is 0.357 e. The molecule has 3 rings (SSSR count). The van der Waals surface area contributed by atoms with Gasteiger partial charge in [-0.25, -0.2) is 4.68 Å². The quantitative estimate of drug-likeness (QED) is 0.805. The second-order valence-electron chi connectivity index (χ2n) is 4.90. The molecule has 2 heterocycles. The maximum Gasteiger partial charge on any atom is 0.150 e. The lowest BCUT2D eigenvalue weighted by atomic mass is 10.1. The lowest BCUT2D eigenvalue weighted by Gasteiger charge is -2.22. The summed E-state index contributed by atoms with van der Waals surface area (Å²) in [5.74, 6) is 0. The van der Waals surface area contributed by atoms with Crippen LogP contribution in [0.3, 0.4) is 0 Å². The van der Waals surface area contributed by atoms with E-state index in [4.69, 9.17) is 4.74 Å². The van der Waals surface area contributed by atoms with Crippen LogP contribution in [0.25, 0.3) is 11.1 Å². The summed E-state index contributed by atoms with van der Waals surface area (Å²) in [5.41, 5.74) is 3.65. The molecule has 1 aliphatic rings. The number of nitrogens with zero attached hydrogens (tertiary/aromatic N) is 2. The number of ether oxygens (including phenoxy) is 1. The first-order chi connectivity index (χ1) is 8.83. The van der Waals surface area contributed by atoms with E-state index >= 15 is 0 Å². The minimum atomic E-state index is 0.123. The van der Waals surface area contributed by atoms with Crippen LogP contribution in [0.2, 0.25) is 0 Å². The highest BCUT2D eigenvalue weighted by atomic mass is 16.5. The molecule has 0 bridgehead atoms. The Hall–Kier alpha value is -1.61. The van der Waals surface area contributed by atoms with E-state index in [1.165, 1.54) is 24.0 Å². The van der Waals surface area contributed by atoms with E-state index in [9.17, 15) is 0 Å². The molecule has 3 nitrogen and oxygen atoms in total. The molecular formula is C15H18N2O. The average Bonchev–Trinajstić information content (AvgIpc) is 2.90. The smallest absolute Gasteiger partial charge is 0.150 e. The van der Waals surface area contributed by atoms with Crippen molar-refractivity contribution < 1.29 is 4.74 Å². The molecule has 0 spiro atoms. The van der Waals surface area contributed by atoms with Gasteiger partial charge >= 0.3 is 0 Å². The monoisotopic (exact) mass is 242 g/mol. The minimum Gasteiger partial charge on any atom is -0.357 e. The van der Waals surface area contributed by atoms with E-state index in [-0.39, 0.29) is 6.23 Å². The van der Waals surface area contributed by atoms with Crippen molar-refractivity contribution in [3.05, 3.63) is 42.2 Å². The number of rotatable bonds is 2. The Balaban J connectivity index is 1.82. The van der Waals surface area contributed by atoms with Gasteiger partial charge in [0.2, 0.25) is 0 Å². The van der Waals surface area contributed by atoms with Crippen molar-refractivity contribution in [3.63, 3.8) is 0 Å². The Morgan fingerprint density at radius 3 is 2.72 bits per heavy atom. The van der Waals surface area contributed by atoms with Gasteiger partial charge in [0.1, 0.15) is 6.23 Å². The Morgan fingerprint density at radius 1 is 1.17 bits per heavy atom. The van der Waals surface area contributed by atoms with Crippen molar-refractivity contribution in [3.8, 4) is 11.1 Å². The standard InChI is InChI=1S/C15H18N2O/c1-12-5-7-13(8-6-12)14-10-16-17(11-14)15-4-2-3-9-18-15/h5-8,10-11,15H,2-4,9H2,1H3/t15-/m0/s1. The number of hydrogen-bond acceptors (Lipinski definition) is 2. The molecule has 18 heavy (non-hydrogen) atoms. The molecule has 1 aromatic carbocycles. The molecule has 0 saturated carbocycles. The normalized spacial score (nSPS) is 19.9. The zero-order valence-corrected chi connectivity index (χ0v) is 10.7. The lowest BCUT2D eigenvalue weighted by molar-refractivity contribution is -0.0394. The van der Waals surface area contributed by atoms with Crippen LogP contribution in [0.1, 0.15) is 31.1 Å². The van der Waals surface area contributed by atoms with Crippen LogP contribution in [0.4, 0.5) is 0 Å². The molecule has 1 aromatic heterocycles. The first-order valence-electron chi connectivity index (χ1n) is 6.56. The highest BCUT2D eigenvalue weighted by Crippen LogP contribution is 2.25. The van der Waals surface area contributed by atoms with Crippen molar-refractivity contribution in [1.29, 1.82) is 0 Å². The molecule has 0 N–H and O–H groups in total. The summed E-state index contributed by atoms with van der Waals surface area (Å²) >= 11 is 0. The van der Waals surface area contributed by atoms with Crippen LogP contribution >= 0.6 is 0 Å². The van der Waals surface area contributed by atoms with Gasteiger partial charge in [0.15, 0.2) is 0 Å². The third-order valence-corrected chi connectivity index (χ3v) is 3.44. The summed E-state index contributed by atoms with van der Waals surface area (Å²) in [6, 6.07) is 8.53. The molecule has 1 fully saturated rings. The van der Waals surface area contributed by atoms with Crippen LogP contribution in [0.15, 0.2) is 36.7 Å². The van der Waals surface area contributed by atoms with Gasteiger partial charge in [-0.1, -0.05) is 29.8 Å². The number of benzene rings is 1. The first kappa shape index (κ1) is 11.5. The zero-order valence-electron chi connectivity index (χ0n) is 10.7. The topological polar surface area (TPSA) is 27.1 Å². The Bertz CT molecular complexity index is 510. The van der Waals surface area contributed by atoms with Crippen LogP contribution in [-0.2, 0) is 4.74 Å². The van der Waals surface area contributed by atoms with Crippen LogP contribution in [-0.4, -0.2) is 16.4 Å². The number of aryl methyl sites for hydroxylation is 1. The fraction of sp³-hybridized carbons (Fsp3) is 0.400. The highest BCUT2D eigenvalue weighted by Gasteiger charge is 2.16. The van der Waals surface area contributed by atoms with E-state index in [0.717, 1.165) is 18.6 Å². The van der Waals surface area contributed by atoms with Crippen molar-refractivity contribution in [2.45, 2.75) is 32.4 Å². The van der Waals surface area contributed by atoms with E-state index in [1.807, 2.05) is 10.9 Å². The SMILES string of the molecule is Cc1ccc(-c2cnn([C@@H]3CCCCO3)c2)cc1. The molecule has 3 heteroatoms. The van der Waals surface area contributed by atoms with Crippen molar-refractivity contribution in [2.75, 3.05) is 6.61 Å². The summed E-state index contributed by atoms with van der Waals surface area (Å²) in [6.45, 7) is 2.95. The van der Waals surface area contributed by atoms with Gasteiger partial charge in [-0.2, -0.15) is 5.10 Å². The van der Waals surface area contributed by atoms with Gasteiger partial charge in [-0.15, -0.1) is 0 Å². The second-order valence-corrected chi connectivity index (χ2v) is 4.90. The van der Waals surface area contributed by atoms with E-state index in [0.29, 0.717) is 0 Å². The predicted octanol–water partition coefficient (Wildman–Crippen LogP) is 3.56. The highest BCUT2D eigenvalue weighted by molar-refractivity contribution is 5.61. The van der Waals surface area contributed by atoms with E-state index in [1.54, 1.807) is 0 Å². The summed E-state index contributed by atoms with van der Waals surface area (Å²) in [7, 11) is 0. The summed E-state index contributed by atoms with van der Waals surface area (Å²) in [4.78, 5) is 0. The van der Waals surface area contributed by atoms with Crippen molar-refractivity contribution >= 4 is 0 Å². The zero-order chi connectivity index (χ0) is 12.4. The third-order valence-electron chi connectivity index (χ3n) is 3.44. The molecule has 2 aromatic rings. The predicted molar refractivity (Wildman–Crippen MR) is 71.2 cm³/mol. The fourth-order valence-corrected chi connectivity index (χ4v) is 2.32. The first-order valence-corrected chi connectivity index (χ1v) is 6.56. The van der Waals surface area contributed by atoms with Crippen molar-refractivity contribution in [1.82, 2.24) is 9.78 Å².